The second kappa shape index (κ2) is 5.59. The highest BCUT2D eigenvalue weighted by Gasteiger charge is 2.41. The third-order valence-electron chi connectivity index (χ3n) is 4.11. The van der Waals surface area contributed by atoms with E-state index < -0.39 is 0 Å². The molecule has 0 unspecified atom stereocenters. The number of rotatable bonds is 1. The van der Waals surface area contributed by atoms with Crippen LogP contribution in [0.2, 0.25) is 0 Å². The second-order valence-electron chi connectivity index (χ2n) is 5.21. The Hall–Kier alpha value is -1.59. The van der Waals surface area contributed by atoms with E-state index in [1.807, 2.05) is 0 Å². The normalized spacial score (nSPS) is 27.6. The highest BCUT2D eigenvalue weighted by atomic mass is 16.2. The van der Waals surface area contributed by atoms with Crippen molar-refractivity contribution in [2.45, 2.75) is 44.7 Å². The van der Waals surface area contributed by atoms with E-state index in [9.17, 15) is 14.4 Å². The van der Waals surface area contributed by atoms with Gasteiger partial charge in [-0.25, -0.2) is 0 Å². The molecule has 0 aromatic heterocycles. The fraction of sp³-hybridized carbons (Fsp3) is 0.769. The van der Waals surface area contributed by atoms with Gasteiger partial charge in [0.1, 0.15) is 6.04 Å². The molecule has 2 aliphatic heterocycles. The van der Waals surface area contributed by atoms with E-state index in [4.69, 9.17) is 0 Å². The number of nitrogens with zero attached hydrogens (tertiary/aromatic N) is 2. The van der Waals surface area contributed by atoms with E-state index in [1.54, 1.807) is 16.8 Å². The Morgan fingerprint density at radius 2 is 1.95 bits per heavy atom. The van der Waals surface area contributed by atoms with Gasteiger partial charge in [0.15, 0.2) is 0 Å². The van der Waals surface area contributed by atoms with Crippen molar-refractivity contribution in [1.82, 2.24) is 15.1 Å². The molecule has 2 heterocycles. The van der Waals surface area contributed by atoms with Crippen molar-refractivity contribution in [2.24, 2.45) is 0 Å². The summed E-state index contributed by atoms with van der Waals surface area (Å²) in [6, 6.07) is -0.233. The molecular formula is C13H21N3O3. The molecule has 2 atom stereocenters. The summed E-state index contributed by atoms with van der Waals surface area (Å²) in [7, 11) is 1.60. The van der Waals surface area contributed by atoms with Crippen molar-refractivity contribution in [2.75, 3.05) is 20.1 Å². The van der Waals surface area contributed by atoms with Crippen molar-refractivity contribution in [3.8, 4) is 0 Å². The van der Waals surface area contributed by atoms with Gasteiger partial charge in [0.25, 0.3) is 0 Å². The monoisotopic (exact) mass is 267 g/mol. The third-order valence-corrected chi connectivity index (χ3v) is 4.11. The predicted octanol–water partition coefficient (Wildman–Crippen LogP) is -0.266. The minimum Gasteiger partial charge on any atom is -0.357 e. The van der Waals surface area contributed by atoms with Gasteiger partial charge >= 0.3 is 0 Å². The average molecular weight is 267 g/mol. The Kier molecular flexibility index (Phi) is 4.07. The quantitative estimate of drug-likeness (QED) is 0.711. The summed E-state index contributed by atoms with van der Waals surface area (Å²) in [5.74, 6) is -0.0796. The lowest BCUT2D eigenvalue weighted by Gasteiger charge is -2.34. The third kappa shape index (κ3) is 2.72. The van der Waals surface area contributed by atoms with E-state index in [-0.39, 0.29) is 29.8 Å². The molecule has 6 nitrogen and oxygen atoms in total. The van der Waals surface area contributed by atoms with Crippen LogP contribution in [0.15, 0.2) is 0 Å². The van der Waals surface area contributed by atoms with Gasteiger partial charge in [-0.3, -0.25) is 14.4 Å². The number of carbonyl (C=O) groups is 3. The Morgan fingerprint density at radius 1 is 1.21 bits per heavy atom. The van der Waals surface area contributed by atoms with E-state index in [1.165, 1.54) is 6.92 Å². The standard InChI is InChI=1S/C13H21N3O3/c1-9(17)15-7-5-10-3-4-11(13(19)14-2)16(10)12(18)6-8-15/h10-11H,3-8H2,1-2H3,(H,14,19)/t10-,11+/m1/s1. The van der Waals surface area contributed by atoms with Crippen molar-refractivity contribution >= 4 is 17.7 Å². The number of hydrogen-bond donors (Lipinski definition) is 1. The van der Waals surface area contributed by atoms with Crippen LogP contribution in [0, 0.1) is 0 Å². The lowest BCUT2D eigenvalue weighted by molar-refractivity contribution is -0.142. The first kappa shape index (κ1) is 13.8. The molecule has 2 fully saturated rings. The van der Waals surface area contributed by atoms with Crippen molar-refractivity contribution in [1.29, 1.82) is 0 Å². The van der Waals surface area contributed by atoms with Crippen LogP contribution in [0.5, 0.6) is 0 Å². The fourth-order valence-electron chi connectivity index (χ4n) is 3.06. The average Bonchev–Trinajstić information content (AvgIpc) is 2.78. The van der Waals surface area contributed by atoms with Crippen LogP contribution < -0.4 is 5.32 Å². The lowest BCUT2D eigenvalue weighted by atomic mass is 10.1. The number of nitrogens with one attached hydrogen (secondary N) is 1. The van der Waals surface area contributed by atoms with Crippen LogP contribution in [0.4, 0.5) is 0 Å². The van der Waals surface area contributed by atoms with Gasteiger partial charge in [-0.15, -0.1) is 0 Å². The van der Waals surface area contributed by atoms with E-state index >= 15 is 0 Å². The molecular weight excluding hydrogens is 246 g/mol. The van der Waals surface area contributed by atoms with Gasteiger partial charge in [-0.05, 0) is 19.3 Å². The molecule has 3 amide bonds. The maximum atomic E-state index is 12.3. The Balaban J connectivity index is 2.11. The molecule has 2 rings (SSSR count). The Labute approximate surface area is 113 Å². The van der Waals surface area contributed by atoms with Crippen LogP contribution in [0.3, 0.4) is 0 Å². The molecule has 0 aromatic carbocycles. The number of fused-ring (bicyclic) bond motifs is 1. The predicted molar refractivity (Wildman–Crippen MR) is 69.2 cm³/mol. The number of amides is 3. The van der Waals surface area contributed by atoms with Crippen LogP contribution >= 0.6 is 0 Å². The van der Waals surface area contributed by atoms with Crippen LogP contribution in [0.25, 0.3) is 0 Å². The first-order chi connectivity index (χ1) is 9.04. The molecule has 0 aromatic rings. The molecule has 0 saturated carbocycles. The SMILES string of the molecule is CNC(=O)[C@@H]1CC[C@@H]2CCN(C(C)=O)CCC(=O)N21. The van der Waals surface area contributed by atoms with Crippen LogP contribution in [-0.2, 0) is 14.4 Å². The van der Waals surface area contributed by atoms with Gasteiger partial charge in [-0.1, -0.05) is 0 Å². The smallest absolute Gasteiger partial charge is 0.242 e. The van der Waals surface area contributed by atoms with Gasteiger partial charge in [0, 0.05) is 39.5 Å². The Bertz CT molecular complexity index is 397. The summed E-state index contributed by atoms with van der Waals surface area (Å²) in [5.41, 5.74) is 0. The van der Waals surface area contributed by atoms with Gasteiger partial charge in [0.2, 0.25) is 17.7 Å². The zero-order valence-corrected chi connectivity index (χ0v) is 11.5. The zero-order chi connectivity index (χ0) is 14.0. The summed E-state index contributed by atoms with van der Waals surface area (Å²) >= 11 is 0. The van der Waals surface area contributed by atoms with E-state index in [0.717, 1.165) is 19.3 Å². The number of carbonyl (C=O) groups excluding carboxylic acids is 3. The molecule has 6 heteroatoms. The van der Waals surface area contributed by atoms with Crippen molar-refractivity contribution in [3.63, 3.8) is 0 Å². The highest BCUT2D eigenvalue weighted by Crippen LogP contribution is 2.29. The fourth-order valence-corrected chi connectivity index (χ4v) is 3.06. The lowest BCUT2D eigenvalue weighted by Crippen LogP contribution is -2.51. The molecule has 0 bridgehead atoms. The highest BCUT2D eigenvalue weighted by molar-refractivity contribution is 5.88. The van der Waals surface area contributed by atoms with Gasteiger partial charge < -0.3 is 15.1 Å². The maximum absolute atomic E-state index is 12.3. The molecule has 19 heavy (non-hydrogen) atoms. The number of hydrogen-bond acceptors (Lipinski definition) is 3. The van der Waals surface area contributed by atoms with Gasteiger partial charge in [-0.2, -0.15) is 0 Å². The van der Waals surface area contributed by atoms with Gasteiger partial charge in [0.05, 0.1) is 0 Å². The van der Waals surface area contributed by atoms with Crippen LogP contribution in [-0.4, -0.2) is 59.7 Å². The molecule has 0 aliphatic carbocycles. The Morgan fingerprint density at radius 3 is 2.58 bits per heavy atom. The minimum absolute atomic E-state index is 0.0120. The topological polar surface area (TPSA) is 69.7 Å². The zero-order valence-electron chi connectivity index (χ0n) is 11.5. The second-order valence-corrected chi connectivity index (χ2v) is 5.21. The van der Waals surface area contributed by atoms with E-state index in [2.05, 4.69) is 5.32 Å². The molecule has 1 N–H and O–H groups in total. The van der Waals surface area contributed by atoms with Crippen molar-refractivity contribution < 1.29 is 14.4 Å². The molecule has 2 saturated heterocycles. The van der Waals surface area contributed by atoms with Crippen LogP contribution in [0.1, 0.15) is 32.6 Å². The molecule has 2 aliphatic rings. The van der Waals surface area contributed by atoms with E-state index in [0.29, 0.717) is 19.5 Å². The first-order valence-electron chi connectivity index (χ1n) is 6.83. The minimum atomic E-state index is -0.327. The molecule has 106 valence electrons. The molecule has 0 spiro atoms. The summed E-state index contributed by atoms with van der Waals surface area (Å²) in [6.45, 7) is 2.66. The molecule has 0 radical (unpaired) electrons. The van der Waals surface area contributed by atoms with Crippen molar-refractivity contribution in [3.05, 3.63) is 0 Å². The summed E-state index contributed by atoms with van der Waals surface area (Å²) in [5, 5.41) is 2.63. The maximum Gasteiger partial charge on any atom is 0.242 e. The first-order valence-corrected chi connectivity index (χ1v) is 6.83. The summed E-state index contributed by atoms with van der Waals surface area (Å²) < 4.78 is 0. The number of likely N-dealkylation sites (N-methyl/N-ethyl adjacent to an activating group) is 1. The largest absolute Gasteiger partial charge is 0.357 e. The summed E-state index contributed by atoms with van der Waals surface area (Å²) in [4.78, 5) is 39.0. The summed E-state index contributed by atoms with van der Waals surface area (Å²) in [6.07, 6.45) is 2.63.